The number of nitrogens with zero attached hydrogens (tertiary/aromatic N) is 2. The van der Waals surface area contributed by atoms with Gasteiger partial charge in [0, 0.05) is 49.0 Å². The van der Waals surface area contributed by atoms with Gasteiger partial charge in [0.25, 0.3) is 0 Å². The van der Waals surface area contributed by atoms with E-state index in [1.807, 2.05) is 44.6 Å². The van der Waals surface area contributed by atoms with Crippen molar-refractivity contribution in [1.29, 1.82) is 0 Å². The van der Waals surface area contributed by atoms with Crippen LogP contribution in [0.2, 0.25) is 0 Å². The van der Waals surface area contributed by atoms with Gasteiger partial charge in [0.15, 0.2) is 0 Å². The molecule has 108 valence electrons. The van der Waals surface area contributed by atoms with Gasteiger partial charge in [-0.15, -0.1) is 0 Å². The Morgan fingerprint density at radius 2 is 2.20 bits per heavy atom. The largest absolute Gasteiger partial charge is 0.491 e. The molecular weight excluding hydrogens is 252 g/mol. The predicted octanol–water partition coefficient (Wildman–Crippen LogP) is 2.75. The molecule has 0 saturated carbocycles. The molecule has 5 nitrogen and oxygen atoms in total. The summed E-state index contributed by atoms with van der Waals surface area (Å²) in [7, 11) is 0. The number of hydrogen-bond acceptors (Lipinski definition) is 4. The molecule has 0 radical (unpaired) electrons. The van der Waals surface area contributed by atoms with Gasteiger partial charge < -0.3 is 20.4 Å². The number of nitrogens with one attached hydrogen (secondary N) is 1. The first-order valence-corrected chi connectivity index (χ1v) is 6.90. The third-order valence-electron chi connectivity index (χ3n) is 2.78. The lowest BCUT2D eigenvalue weighted by atomic mass is 10.2. The van der Waals surface area contributed by atoms with Crippen LogP contribution in [0.25, 0.3) is 0 Å². The summed E-state index contributed by atoms with van der Waals surface area (Å²) in [6.45, 7) is 5.83. The molecule has 0 amide bonds. The first-order valence-electron chi connectivity index (χ1n) is 6.90. The van der Waals surface area contributed by atoms with Gasteiger partial charge in [0.1, 0.15) is 5.75 Å². The summed E-state index contributed by atoms with van der Waals surface area (Å²) < 4.78 is 7.73. The van der Waals surface area contributed by atoms with Crippen molar-refractivity contribution in [3.05, 3.63) is 36.9 Å². The zero-order chi connectivity index (χ0) is 14.4. The van der Waals surface area contributed by atoms with Crippen LogP contribution in [-0.2, 0) is 6.54 Å². The highest BCUT2D eigenvalue weighted by molar-refractivity contribution is 5.59. The molecule has 1 aromatic carbocycles. The molecule has 2 aromatic rings. The fourth-order valence-corrected chi connectivity index (χ4v) is 1.98. The quantitative estimate of drug-likeness (QED) is 0.602. The van der Waals surface area contributed by atoms with E-state index in [9.17, 15) is 0 Å². The minimum Gasteiger partial charge on any atom is -0.491 e. The number of nitrogen functional groups attached to an aromatic ring is 1. The Labute approximate surface area is 119 Å². The summed E-state index contributed by atoms with van der Waals surface area (Å²) in [5.74, 6) is 0.803. The van der Waals surface area contributed by atoms with E-state index < -0.39 is 0 Å². The van der Waals surface area contributed by atoms with Gasteiger partial charge in [-0.2, -0.15) is 0 Å². The van der Waals surface area contributed by atoms with Gasteiger partial charge in [-0.25, -0.2) is 4.98 Å². The maximum Gasteiger partial charge on any atom is 0.123 e. The van der Waals surface area contributed by atoms with Gasteiger partial charge in [0.05, 0.1) is 12.4 Å². The van der Waals surface area contributed by atoms with Gasteiger partial charge in [-0.3, -0.25) is 0 Å². The molecule has 0 aliphatic heterocycles. The second kappa shape index (κ2) is 6.84. The third-order valence-corrected chi connectivity index (χ3v) is 2.78. The molecule has 0 spiro atoms. The first kappa shape index (κ1) is 14.2. The highest BCUT2D eigenvalue weighted by Crippen LogP contribution is 2.23. The summed E-state index contributed by atoms with van der Waals surface area (Å²) in [6.07, 6.45) is 6.75. The van der Waals surface area contributed by atoms with Crippen molar-refractivity contribution in [2.24, 2.45) is 0 Å². The van der Waals surface area contributed by atoms with Crippen LogP contribution in [0, 0.1) is 0 Å². The van der Waals surface area contributed by atoms with Crippen molar-refractivity contribution in [2.45, 2.75) is 32.9 Å². The number of imidazole rings is 1. The predicted molar refractivity (Wildman–Crippen MR) is 82.0 cm³/mol. The number of benzene rings is 1. The summed E-state index contributed by atoms with van der Waals surface area (Å²) in [6, 6.07) is 5.74. The average Bonchev–Trinajstić information content (AvgIpc) is 2.86. The van der Waals surface area contributed by atoms with Crippen LogP contribution in [0.15, 0.2) is 36.9 Å². The number of aryl methyl sites for hydroxylation is 1. The first-order chi connectivity index (χ1) is 9.63. The van der Waals surface area contributed by atoms with E-state index in [1.54, 1.807) is 6.20 Å². The third kappa shape index (κ3) is 4.50. The fourth-order valence-electron chi connectivity index (χ4n) is 1.98. The van der Waals surface area contributed by atoms with Gasteiger partial charge in [-0.05, 0) is 26.3 Å². The monoisotopic (exact) mass is 274 g/mol. The summed E-state index contributed by atoms with van der Waals surface area (Å²) in [5, 5.41) is 3.37. The lowest BCUT2D eigenvalue weighted by molar-refractivity contribution is 0.242. The zero-order valence-corrected chi connectivity index (χ0v) is 12.0. The van der Waals surface area contributed by atoms with Crippen LogP contribution in [0.4, 0.5) is 11.4 Å². The van der Waals surface area contributed by atoms with Gasteiger partial charge in [0.2, 0.25) is 0 Å². The molecule has 0 saturated heterocycles. The second-order valence-electron chi connectivity index (χ2n) is 5.04. The molecule has 0 aliphatic rings. The summed E-state index contributed by atoms with van der Waals surface area (Å²) >= 11 is 0. The van der Waals surface area contributed by atoms with Crippen LogP contribution >= 0.6 is 0 Å². The number of anilines is 2. The fraction of sp³-hybridized carbons (Fsp3) is 0.400. The number of ether oxygens (including phenoxy) is 1. The van der Waals surface area contributed by atoms with Crippen LogP contribution in [0.3, 0.4) is 0 Å². The van der Waals surface area contributed by atoms with Crippen molar-refractivity contribution in [1.82, 2.24) is 9.55 Å². The minimum atomic E-state index is 0.144. The van der Waals surface area contributed by atoms with Gasteiger partial charge in [-0.1, -0.05) is 0 Å². The van der Waals surface area contributed by atoms with E-state index in [2.05, 4.69) is 14.9 Å². The highest BCUT2D eigenvalue weighted by Gasteiger charge is 2.02. The Bertz CT molecular complexity index is 523. The molecule has 0 atom stereocenters. The Morgan fingerprint density at radius 1 is 1.35 bits per heavy atom. The molecule has 1 aromatic heterocycles. The average molecular weight is 274 g/mol. The lowest BCUT2D eigenvalue weighted by Gasteiger charge is -2.13. The minimum absolute atomic E-state index is 0.144. The Balaban J connectivity index is 1.84. The number of nitrogens with two attached hydrogens (primary N) is 1. The maximum atomic E-state index is 5.88. The van der Waals surface area contributed by atoms with Crippen molar-refractivity contribution in [3.8, 4) is 5.75 Å². The van der Waals surface area contributed by atoms with E-state index in [0.717, 1.165) is 30.9 Å². The molecule has 5 heteroatoms. The number of hydrogen-bond donors (Lipinski definition) is 2. The Hall–Kier alpha value is -2.17. The van der Waals surface area contributed by atoms with E-state index in [1.165, 1.54) is 0 Å². The van der Waals surface area contributed by atoms with E-state index in [0.29, 0.717) is 5.69 Å². The topological polar surface area (TPSA) is 65.1 Å². The molecule has 0 unspecified atom stereocenters. The van der Waals surface area contributed by atoms with Crippen LogP contribution in [0.1, 0.15) is 20.3 Å². The standard InChI is InChI=1S/C15H22N4O/c1-12(2)20-15-9-13(16)8-14(10-15)18-4-3-6-19-7-5-17-11-19/h5,7-12,18H,3-4,6,16H2,1-2H3. The maximum absolute atomic E-state index is 5.88. The molecule has 0 aliphatic carbocycles. The van der Waals surface area contributed by atoms with E-state index in [-0.39, 0.29) is 6.10 Å². The molecule has 0 bridgehead atoms. The van der Waals surface area contributed by atoms with Crippen LogP contribution in [-0.4, -0.2) is 22.2 Å². The molecule has 3 N–H and O–H groups in total. The Kier molecular flexibility index (Phi) is 4.87. The van der Waals surface area contributed by atoms with Crippen LogP contribution in [0.5, 0.6) is 5.75 Å². The summed E-state index contributed by atoms with van der Waals surface area (Å²) in [5.41, 5.74) is 7.58. The number of aromatic nitrogens is 2. The van der Waals surface area contributed by atoms with Crippen molar-refractivity contribution < 1.29 is 4.74 Å². The number of rotatable bonds is 7. The second-order valence-corrected chi connectivity index (χ2v) is 5.04. The van der Waals surface area contributed by atoms with Crippen molar-refractivity contribution >= 4 is 11.4 Å². The highest BCUT2D eigenvalue weighted by atomic mass is 16.5. The van der Waals surface area contributed by atoms with E-state index >= 15 is 0 Å². The van der Waals surface area contributed by atoms with E-state index in [4.69, 9.17) is 10.5 Å². The smallest absolute Gasteiger partial charge is 0.123 e. The molecular formula is C15H22N4O. The normalized spacial score (nSPS) is 10.8. The summed E-state index contributed by atoms with van der Waals surface area (Å²) in [4.78, 5) is 4.02. The zero-order valence-electron chi connectivity index (χ0n) is 12.0. The van der Waals surface area contributed by atoms with Crippen molar-refractivity contribution in [3.63, 3.8) is 0 Å². The van der Waals surface area contributed by atoms with Crippen LogP contribution < -0.4 is 15.8 Å². The lowest BCUT2D eigenvalue weighted by Crippen LogP contribution is -2.08. The molecule has 20 heavy (non-hydrogen) atoms. The van der Waals surface area contributed by atoms with Crippen molar-refractivity contribution in [2.75, 3.05) is 17.6 Å². The molecule has 1 heterocycles. The Morgan fingerprint density at radius 3 is 2.90 bits per heavy atom. The molecule has 2 rings (SSSR count). The SMILES string of the molecule is CC(C)Oc1cc(N)cc(NCCCn2ccnc2)c1. The van der Waals surface area contributed by atoms with Gasteiger partial charge >= 0.3 is 0 Å². The molecule has 0 fully saturated rings.